The minimum Gasteiger partial charge on any atom is -0.391 e. The summed E-state index contributed by atoms with van der Waals surface area (Å²) in [6, 6.07) is 0. The first-order chi connectivity index (χ1) is 6.77. The van der Waals surface area contributed by atoms with Crippen molar-refractivity contribution in [2.75, 3.05) is 11.5 Å². The number of aromatic nitrogens is 2. The van der Waals surface area contributed by atoms with Crippen molar-refractivity contribution in [1.29, 1.82) is 0 Å². The molecule has 0 aromatic carbocycles. The van der Waals surface area contributed by atoms with Gasteiger partial charge in [0, 0.05) is 17.5 Å². The molecule has 14 heavy (non-hydrogen) atoms. The molecule has 0 unspecified atom stereocenters. The van der Waals surface area contributed by atoms with E-state index in [-0.39, 0.29) is 6.61 Å². The number of hydrogen-bond donors (Lipinski definition) is 2. The Bertz CT molecular complexity index is 293. The van der Waals surface area contributed by atoms with Gasteiger partial charge in [-0.2, -0.15) is 0 Å². The Labute approximate surface area is 88.0 Å². The smallest absolute Gasteiger partial charge is 0.189 e. The third-order valence-electron chi connectivity index (χ3n) is 1.78. The van der Waals surface area contributed by atoms with E-state index in [0.717, 1.165) is 18.6 Å². The lowest BCUT2D eigenvalue weighted by atomic mass is 10.3. The molecular weight excluding hydrogens is 198 g/mol. The van der Waals surface area contributed by atoms with Gasteiger partial charge in [-0.05, 0) is 6.42 Å². The Morgan fingerprint density at radius 3 is 2.93 bits per heavy atom. The number of thioether (sulfide) groups is 1. The summed E-state index contributed by atoms with van der Waals surface area (Å²) in [5.41, 5.74) is 6.20. The molecule has 0 saturated carbocycles. The summed E-state index contributed by atoms with van der Waals surface area (Å²) >= 11 is 1.59. The third-order valence-corrected chi connectivity index (χ3v) is 2.72. The summed E-state index contributed by atoms with van der Waals surface area (Å²) in [5, 5.41) is 9.54. The molecule has 0 saturated heterocycles. The molecule has 4 nitrogen and oxygen atoms in total. The molecule has 0 fully saturated rings. The van der Waals surface area contributed by atoms with Gasteiger partial charge < -0.3 is 10.8 Å². The Balaban J connectivity index is 2.57. The Morgan fingerprint density at radius 2 is 2.36 bits per heavy atom. The van der Waals surface area contributed by atoms with Crippen LogP contribution in [-0.2, 0) is 6.61 Å². The second-order valence-electron chi connectivity index (χ2n) is 2.92. The fourth-order valence-electron chi connectivity index (χ4n) is 0.902. The van der Waals surface area contributed by atoms with E-state index in [0.29, 0.717) is 16.5 Å². The number of anilines is 1. The predicted molar refractivity (Wildman–Crippen MR) is 58.0 cm³/mol. The van der Waals surface area contributed by atoms with Crippen LogP contribution in [0.5, 0.6) is 0 Å². The SMILES string of the molecule is CCCCSc1ncc(CO)c(N)n1. The quantitative estimate of drug-likeness (QED) is 0.440. The molecule has 0 spiro atoms. The standard InChI is InChI=1S/C9H15N3OS/c1-2-3-4-14-9-11-5-7(6-13)8(10)12-9/h5,13H,2-4,6H2,1H3,(H2,10,11,12). The van der Waals surface area contributed by atoms with Gasteiger partial charge in [0.25, 0.3) is 0 Å². The molecule has 5 heteroatoms. The summed E-state index contributed by atoms with van der Waals surface area (Å²) in [4.78, 5) is 8.18. The van der Waals surface area contributed by atoms with Crippen LogP contribution in [0.25, 0.3) is 0 Å². The number of nitrogens with zero attached hydrogens (tertiary/aromatic N) is 2. The first-order valence-electron chi connectivity index (χ1n) is 4.63. The van der Waals surface area contributed by atoms with Crippen LogP contribution in [0.3, 0.4) is 0 Å². The van der Waals surface area contributed by atoms with E-state index >= 15 is 0 Å². The van der Waals surface area contributed by atoms with Gasteiger partial charge in [-0.3, -0.25) is 0 Å². The summed E-state index contributed by atoms with van der Waals surface area (Å²) in [6.45, 7) is 2.04. The Kier molecular flexibility index (Phi) is 4.69. The van der Waals surface area contributed by atoms with Crippen molar-refractivity contribution in [2.24, 2.45) is 0 Å². The molecular formula is C9H15N3OS. The maximum absolute atomic E-state index is 8.86. The van der Waals surface area contributed by atoms with E-state index in [9.17, 15) is 0 Å². The average molecular weight is 213 g/mol. The number of aliphatic hydroxyl groups excluding tert-OH is 1. The van der Waals surface area contributed by atoms with Crippen molar-refractivity contribution in [2.45, 2.75) is 31.5 Å². The molecule has 0 aliphatic rings. The molecule has 78 valence electrons. The van der Waals surface area contributed by atoms with Crippen LogP contribution >= 0.6 is 11.8 Å². The summed E-state index contributed by atoms with van der Waals surface area (Å²) in [7, 11) is 0. The van der Waals surface area contributed by atoms with Crippen LogP contribution in [0.1, 0.15) is 25.3 Å². The monoisotopic (exact) mass is 213 g/mol. The predicted octanol–water partition coefficient (Wildman–Crippen LogP) is 1.44. The first-order valence-corrected chi connectivity index (χ1v) is 5.61. The molecule has 0 bridgehead atoms. The average Bonchev–Trinajstić information content (AvgIpc) is 2.18. The highest BCUT2D eigenvalue weighted by molar-refractivity contribution is 7.99. The number of rotatable bonds is 5. The number of nitrogens with two attached hydrogens (primary N) is 1. The molecule has 3 N–H and O–H groups in total. The summed E-state index contributed by atoms with van der Waals surface area (Å²) in [5.74, 6) is 1.38. The molecule has 0 aliphatic carbocycles. The van der Waals surface area contributed by atoms with Crippen LogP contribution in [0.2, 0.25) is 0 Å². The topological polar surface area (TPSA) is 72.0 Å². The largest absolute Gasteiger partial charge is 0.391 e. The van der Waals surface area contributed by atoms with E-state index in [4.69, 9.17) is 10.8 Å². The van der Waals surface area contributed by atoms with E-state index in [1.807, 2.05) is 0 Å². The van der Waals surface area contributed by atoms with Crippen LogP contribution in [-0.4, -0.2) is 20.8 Å². The molecule has 1 rings (SSSR count). The van der Waals surface area contributed by atoms with Crippen LogP contribution < -0.4 is 5.73 Å². The third kappa shape index (κ3) is 3.16. The lowest BCUT2D eigenvalue weighted by Gasteiger charge is -2.03. The van der Waals surface area contributed by atoms with Crippen molar-refractivity contribution in [1.82, 2.24) is 9.97 Å². The van der Waals surface area contributed by atoms with Gasteiger partial charge in [-0.15, -0.1) is 0 Å². The van der Waals surface area contributed by atoms with Gasteiger partial charge in [-0.1, -0.05) is 25.1 Å². The highest BCUT2D eigenvalue weighted by Gasteiger charge is 2.02. The van der Waals surface area contributed by atoms with Gasteiger partial charge in [0.2, 0.25) is 0 Å². The highest BCUT2D eigenvalue weighted by Crippen LogP contribution is 2.17. The van der Waals surface area contributed by atoms with Gasteiger partial charge in [0.15, 0.2) is 5.16 Å². The highest BCUT2D eigenvalue weighted by atomic mass is 32.2. The molecule has 0 aliphatic heterocycles. The lowest BCUT2D eigenvalue weighted by molar-refractivity contribution is 0.281. The maximum Gasteiger partial charge on any atom is 0.189 e. The van der Waals surface area contributed by atoms with Gasteiger partial charge in [-0.25, -0.2) is 9.97 Å². The lowest BCUT2D eigenvalue weighted by Crippen LogP contribution is -2.00. The van der Waals surface area contributed by atoms with Crippen molar-refractivity contribution in [3.05, 3.63) is 11.8 Å². The molecule has 1 aromatic heterocycles. The van der Waals surface area contributed by atoms with Crippen molar-refractivity contribution in [3.8, 4) is 0 Å². The summed E-state index contributed by atoms with van der Waals surface area (Å²) < 4.78 is 0. The van der Waals surface area contributed by atoms with Crippen LogP contribution in [0, 0.1) is 0 Å². The second-order valence-corrected chi connectivity index (χ2v) is 3.99. The zero-order valence-corrected chi connectivity index (χ0v) is 9.05. The Hall–Kier alpha value is -0.810. The number of unbranched alkanes of at least 4 members (excludes halogenated alkanes) is 1. The van der Waals surface area contributed by atoms with Crippen molar-refractivity contribution >= 4 is 17.6 Å². The number of aliphatic hydroxyl groups is 1. The van der Waals surface area contributed by atoms with Crippen molar-refractivity contribution in [3.63, 3.8) is 0 Å². The van der Waals surface area contributed by atoms with E-state index in [1.165, 1.54) is 0 Å². The Morgan fingerprint density at radius 1 is 1.57 bits per heavy atom. The fraction of sp³-hybridized carbons (Fsp3) is 0.556. The molecule has 1 aromatic rings. The normalized spacial score (nSPS) is 10.4. The molecule has 0 radical (unpaired) electrons. The van der Waals surface area contributed by atoms with E-state index < -0.39 is 0 Å². The van der Waals surface area contributed by atoms with Crippen molar-refractivity contribution < 1.29 is 5.11 Å². The van der Waals surface area contributed by atoms with Crippen LogP contribution in [0.15, 0.2) is 11.4 Å². The van der Waals surface area contributed by atoms with Gasteiger partial charge in [0.1, 0.15) is 5.82 Å². The first kappa shape index (κ1) is 11.3. The van der Waals surface area contributed by atoms with E-state index in [1.54, 1.807) is 18.0 Å². The molecule has 1 heterocycles. The van der Waals surface area contributed by atoms with Gasteiger partial charge >= 0.3 is 0 Å². The summed E-state index contributed by atoms with van der Waals surface area (Å²) in [6.07, 6.45) is 3.89. The maximum atomic E-state index is 8.86. The minimum absolute atomic E-state index is 0.105. The fourth-order valence-corrected chi connectivity index (χ4v) is 1.81. The number of hydrogen-bond acceptors (Lipinski definition) is 5. The second kappa shape index (κ2) is 5.82. The van der Waals surface area contributed by atoms with Gasteiger partial charge in [0.05, 0.1) is 6.61 Å². The molecule has 0 atom stereocenters. The molecule has 0 amide bonds. The van der Waals surface area contributed by atoms with Crippen LogP contribution in [0.4, 0.5) is 5.82 Å². The zero-order chi connectivity index (χ0) is 10.4. The minimum atomic E-state index is -0.105. The zero-order valence-electron chi connectivity index (χ0n) is 8.23. The van der Waals surface area contributed by atoms with E-state index in [2.05, 4.69) is 16.9 Å². The number of nitrogen functional groups attached to an aromatic ring is 1.